The van der Waals surface area contributed by atoms with Crippen molar-refractivity contribution in [1.29, 1.82) is 0 Å². The van der Waals surface area contributed by atoms with Crippen molar-refractivity contribution in [1.82, 2.24) is 0 Å². The van der Waals surface area contributed by atoms with Gasteiger partial charge in [-0.25, -0.2) is 0 Å². The SMILES string of the molecule is ClCC1CC(=NCc2ccccc2)C1. The molecule has 0 saturated heterocycles. The van der Waals surface area contributed by atoms with E-state index < -0.39 is 0 Å². The maximum atomic E-state index is 5.73. The zero-order valence-electron chi connectivity index (χ0n) is 8.12. The molecule has 1 aliphatic rings. The van der Waals surface area contributed by atoms with Gasteiger partial charge in [0.05, 0.1) is 6.54 Å². The van der Waals surface area contributed by atoms with Gasteiger partial charge in [0.2, 0.25) is 0 Å². The molecule has 0 spiro atoms. The van der Waals surface area contributed by atoms with E-state index >= 15 is 0 Å². The molecular formula is C12H14ClN. The standard InChI is InChI=1S/C12H14ClN/c13-8-11-6-12(7-11)14-9-10-4-2-1-3-5-10/h1-5,11H,6-9H2. The number of aliphatic imine (C=N–C) groups is 1. The van der Waals surface area contributed by atoms with E-state index in [0.29, 0.717) is 5.92 Å². The molecule has 0 unspecified atom stereocenters. The largest absolute Gasteiger partial charge is 0.289 e. The van der Waals surface area contributed by atoms with E-state index in [1.807, 2.05) is 6.07 Å². The number of hydrogen-bond donors (Lipinski definition) is 0. The lowest BCUT2D eigenvalue weighted by Gasteiger charge is -2.25. The van der Waals surface area contributed by atoms with E-state index in [1.165, 1.54) is 11.3 Å². The molecule has 1 nitrogen and oxygen atoms in total. The summed E-state index contributed by atoms with van der Waals surface area (Å²) in [4.78, 5) is 4.56. The molecule has 0 aromatic heterocycles. The highest BCUT2D eigenvalue weighted by Gasteiger charge is 2.22. The lowest BCUT2D eigenvalue weighted by molar-refractivity contribution is 0.558. The molecule has 0 heterocycles. The molecule has 2 heteroatoms. The van der Waals surface area contributed by atoms with Crippen LogP contribution in [0.1, 0.15) is 18.4 Å². The van der Waals surface area contributed by atoms with Gasteiger partial charge in [-0.05, 0) is 24.3 Å². The lowest BCUT2D eigenvalue weighted by Crippen LogP contribution is -2.24. The molecule has 0 aliphatic heterocycles. The molecule has 0 atom stereocenters. The highest BCUT2D eigenvalue weighted by molar-refractivity contribution is 6.18. The van der Waals surface area contributed by atoms with Crippen LogP contribution in [0.4, 0.5) is 0 Å². The van der Waals surface area contributed by atoms with E-state index in [-0.39, 0.29) is 0 Å². The predicted molar refractivity (Wildman–Crippen MR) is 61.0 cm³/mol. The van der Waals surface area contributed by atoms with Crippen LogP contribution in [0.3, 0.4) is 0 Å². The minimum Gasteiger partial charge on any atom is -0.289 e. The van der Waals surface area contributed by atoms with E-state index in [1.54, 1.807) is 0 Å². The second-order valence-electron chi connectivity index (χ2n) is 3.80. The quantitative estimate of drug-likeness (QED) is 0.675. The van der Waals surface area contributed by atoms with Crippen LogP contribution in [0.15, 0.2) is 35.3 Å². The van der Waals surface area contributed by atoms with Crippen molar-refractivity contribution in [2.45, 2.75) is 19.4 Å². The number of alkyl halides is 1. The highest BCUT2D eigenvalue weighted by atomic mass is 35.5. The smallest absolute Gasteiger partial charge is 0.0639 e. The van der Waals surface area contributed by atoms with Crippen LogP contribution in [-0.2, 0) is 6.54 Å². The second kappa shape index (κ2) is 4.61. The van der Waals surface area contributed by atoms with Gasteiger partial charge < -0.3 is 0 Å². The first kappa shape index (κ1) is 9.72. The Labute approximate surface area is 89.8 Å². The first-order valence-electron chi connectivity index (χ1n) is 5.00. The third-order valence-electron chi connectivity index (χ3n) is 2.59. The van der Waals surface area contributed by atoms with Crippen LogP contribution >= 0.6 is 11.6 Å². The highest BCUT2D eigenvalue weighted by Crippen LogP contribution is 2.25. The van der Waals surface area contributed by atoms with Gasteiger partial charge in [0, 0.05) is 11.6 Å². The maximum absolute atomic E-state index is 5.73. The summed E-state index contributed by atoms with van der Waals surface area (Å²) in [5.41, 5.74) is 2.62. The first-order chi connectivity index (χ1) is 6.88. The zero-order chi connectivity index (χ0) is 9.80. The number of benzene rings is 1. The summed E-state index contributed by atoms with van der Waals surface area (Å²) in [7, 11) is 0. The Hall–Kier alpha value is -0.820. The van der Waals surface area contributed by atoms with Crippen molar-refractivity contribution in [3.8, 4) is 0 Å². The van der Waals surface area contributed by atoms with Gasteiger partial charge in [0.1, 0.15) is 0 Å². The monoisotopic (exact) mass is 207 g/mol. The van der Waals surface area contributed by atoms with Crippen LogP contribution in [0.25, 0.3) is 0 Å². The van der Waals surface area contributed by atoms with Crippen molar-refractivity contribution in [2.24, 2.45) is 10.9 Å². The fourth-order valence-corrected chi connectivity index (χ4v) is 1.85. The van der Waals surface area contributed by atoms with Crippen LogP contribution in [-0.4, -0.2) is 11.6 Å². The number of hydrogen-bond acceptors (Lipinski definition) is 1. The Morgan fingerprint density at radius 1 is 1.21 bits per heavy atom. The predicted octanol–water partition coefficient (Wildman–Crippen LogP) is 3.28. The third-order valence-corrected chi connectivity index (χ3v) is 3.03. The van der Waals surface area contributed by atoms with E-state index in [4.69, 9.17) is 11.6 Å². The summed E-state index contributed by atoms with van der Waals surface area (Å²) < 4.78 is 0. The molecule has 0 radical (unpaired) electrons. The third kappa shape index (κ3) is 2.36. The first-order valence-corrected chi connectivity index (χ1v) is 5.54. The molecule has 74 valence electrons. The van der Waals surface area contributed by atoms with Crippen molar-refractivity contribution >= 4 is 17.3 Å². The van der Waals surface area contributed by atoms with Gasteiger partial charge in [-0.1, -0.05) is 30.3 Å². The fraction of sp³-hybridized carbons (Fsp3) is 0.417. The summed E-state index contributed by atoms with van der Waals surface area (Å²) in [6.07, 6.45) is 2.21. The molecular weight excluding hydrogens is 194 g/mol. The average molecular weight is 208 g/mol. The van der Waals surface area contributed by atoms with Crippen molar-refractivity contribution < 1.29 is 0 Å². The lowest BCUT2D eigenvalue weighted by atomic mass is 9.85. The molecule has 1 aliphatic carbocycles. The van der Waals surface area contributed by atoms with Crippen molar-refractivity contribution in [3.05, 3.63) is 35.9 Å². The Morgan fingerprint density at radius 2 is 1.93 bits per heavy atom. The summed E-state index contributed by atoms with van der Waals surface area (Å²) in [6.45, 7) is 0.825. The van der Waals surface area contributed by atoms with Crippen LogP contribution in [0, 0.1) is 5.92 Å². The average Bonchev–Trinajstić information content (AvgIpc) is 2.17. The van der Waals surface area contributed by atoms with Crippen molar-refractivity contribution in [2.75, 3.05) is 5.88 Å². The second-order valence-corrected chi connectivity index (χ2v) is 4.11. The van der Waals surface area contributed by atoms with Crippen LogP contribution < -0.4 is 0 Å². The van der Waals surface area contributed by atoms with Crippen LogP contribution in [0.2, 0.25) is 0 Å². The van der Waals surface area contributed by atoms with Gasteiger partial charge in [0.25, 0.3) is 0 Å². The van der Waals surface area contributed by atoms with Gasteiger partial charge in [-0.3, -0.25) is 4.99 Å². The van der Waals surface area contributed by atoms with Gasteiger partial charge in [-0.2, -0.15) is 0 Å². The summed E-state index contributed by atoms with van der Waals surface area (Å²) in [5.74, 6) is 1.47. The summed E-state index contributed by atoms with van der Waals surface area (Å²) >= 11 is 5.73. The Kier molecular flexibility index (Phi) is 3.20. The van der Waals surface area contributed by atoms with Crippen molar-refractivity contribution in [3.63, 3.8) is 0 Å². The number of nitrogens with zero attached hydrogens (tertiary/aromatic N) is 1. The van der Waals surface area contributed by atoms with E-state index in [2.05, 4.69) is 29.3 Å². The molecule has 2 rings (SSSR count). The van der Waals surface area contributed by atoms with Gasteiger partial charge in [-0.15, -0.1) is 11.6 Å². The fourth-order valence-electron chi connectivity index (χ4n) is 1.63. The Bertz CT molecular complexity index is 310. The molecule has 1 aromatic carbocycles. The minimum atomic E-state index is 0.686. The molecule has 0 bridgehead atoms. The molecule has 1 aromatic rings. The minimum absolute atomic E-state index is 0.686. The molecule has 14 heavy (non-hydrogen) atoms. The topological polar surface area (TPSA) is 12.4 Å². The molecule has 1 fully saturated rings. The Balaban J connectivity index is 1.84. The molecule has 0 N–H and O–H groups in total. The number of rotatable bonds is 3. The van der Waals surface area contributed by atoms with E-state index in [0.717, 1.165) is 25.3 Å². The van der Waals surface area contributed by atoms with Gasteiger partial charge in [0.15, 0.2) is 0 Å². The zero-order valence-corrected chi connectivity index (χ0v) is 8.87. The number of halogens is 1. The van der Waals surface area contributed by atoms with Crippen LogP contribution in [0.5, 0.6) is 0 Å². The summed E-state index contributed by atoms with van der Waals surface area (Å²) in [5, 5.41) is 0. The maximum Gasteiger partial charge on any atom is 0.0639 e. The normalized spacial score (nSPS) is 20.4. The summed E-state index contributed by atoms with van der Waals surface area (Å²) in [6, 6.07) is 10.4. The Morgan fingerprint density at radius 3 is 2.57 bits per heavy atom. The molecule has 1 saturated carbocycles. The molecule has 0 amide bonds. The van der Waals surface area contributed by atoms with Gasteiger partial charge >= 0.3 is 0 Å². The van der Waals surface area contributed by atoms with E-state index in [9.17, 15) is 0 Å².